The van der Waals surface area contributed by atoms with Crippen LogP contribution in [-0.2, 0) is 27.6 Å². The number of amides is 1. The summed E-state index contributed by atoms with van der Waals surface area (Å²) in [6.45, 7) is 4.00. The number of furan rings is 1. The van der Waals surface area contributed by atoms with E-state index < -0.39 is 9.84 Å². The summed E-state index contributed by atoms with van der Waals surface area (Å²) < 4.78 is 42.6. The van der Waals surface area contributed by atoms with Crippen LogP contribution in [0.25, 0.3) is 22.3 Å². The van der Waals surface area contributed by atoms with Gasteiger partial charge in [0.1, 0.15) is 10.5 Å². The summed E-state index contributed by atoms with van der Waals surface area (Å²) in [6.07, 6.45) is 2.05. The maximum Gasteiger partial charge on any atom is 0.222 e. The summed E-state index contributed by atoms with van der Waals surface area (Å²) in [7, 11) is -0.575. The standard InChI is InChI=1S/C31H34N2O6S/c1-37-27-13-11-24(20-28(27)38-2)30-31(40(3,35)36)25-19-22(9-12-26(25)39-30)10-14-29(34)33-17-15-32(16-18-33)21-23-7-5-4-6-8-23/h4-9,11-13,19-20H,10,14-18,21H2,1-3H3. The van der Waals surface area contributed by atoms with E-state index in [0.29, 0.717) is 54.0 Å². The molecule has 1 saturated heterocycles. The fraction of sp³-hybridized carbons (Fsp3) is 0.323. The molecule has 1 aliphatic rings. The van der Waals surface area contributed by atoms with Crippen LogP contribution >= 0.6 is 0 Å². The molecule has 1 aromatic heterocycles. The molecular weight excluding hydrogens is 528 g/mol. The maximum atomic E-state index is 13.0. The molecule has 40 heavy (non-hydrogen) atoms. The largest absolute Gasteiger partial charge is 0.493 e. The highest BCUT2D eigenvalue weighted by atomic mass is 32.2. The topological polar surface area (TPSA) is 89.3 Å². The lowest BCUT2D eigenvalue weighted by atomic mass is 10.1. The van der Waals surface area contributed by atoms with Crippen molar-refractivity contribution in [2.24, 2.45) is 0 Å². The number of benzene rings is 3. The third-order valence-corrected chi connectivity index (χ3v) is 8.47. The van der Waals surface area contributed by atoms with Crippen LogP contribution in [0.4, 0.5) is 0 Å². The normalized spacial score (nSPS) is 14.4. The van der Waals surface area contributed by atoms with Crippen molar-refractivity contribution in [1.29, 1.82) is 0 Å². The van der Waals surface area contributed by atoms with Crippen molar-refractivity contribution in [3.8, 4) is 22.8 Å². The van der Waals surface area contributed by atoms with Gasteiger partial charge in [-0.05, 0) is 47.9 Å². The molecule has 4 aromatic rings. The summed E-state index contributed by atoms with van der Waals surface area (Å²) in [6, 6.07) is 21.0. The number of methoxy groups -OCH3 is 2. The average molecular weight is 563 g/mol. The Balaban J connectivity index is 1.30. The molecule has 0 aliphatic carbocycles. The quantitative estimate of drug-likeness (QED) is 0.290. The number of sulfone groups is 1. The van der Waals surface area contributed by atoms with Gasteiger partial charge in [-0.1, -0.05) is 36.4 Å². The number of carbonyl (C=O) groups excluding carboxylic acids is 1. The van der Waals surface area contributed by atoms with E-state index in [1.54, 1.807) is 31.4 Å². The van der Waals surface area contributed by atoms with E-state index in [-0.39, 0.29) is 16.6 Å². The highest BCUT2D eigenvalue weighted by Gasteiger charge is 2.26. The highest BCUT2D eigenvalue weighted by molar-refractivity contribution is 7.91. The zero-order valence-electron chi connectivity index (χ0n) is 23.1. The molecule has 0 saturated carbocycles. The second kappa shape index (κ2) is 11.7. The van der Waals surface area contributed by atoms with Gasteiger partial charge < -0.3 is 18.8 Å². The predicted molar refractivity (Wildman–Crippen MR) is 154 cm³/mol. The van der Waals surface area contributed by atoms with Gasteiger partial charge in [0, 0.05) is 56.4 Å². The second-order valence-electron chi connectivity index (χ2n) is 10.1. The van der Waals surface area contributed by atoms with E-state index in [2.05, 4.69) is 17.0 Å². The Hall–Kier alpha value is -3.82. The van der Waals surface area contributed by atoms with Crippen LogP contribution in [-0.4, -0.2) is 70.8 Å². The molecule has 0 bridgehead atoms. The molecule has 8 nitrogen and oxygen atoms in total. The van der Waals surface area contributed by atoms with Crippen molar-refractivity contribution < 1.29 is 27.1 Å². The van der Waals surface area contributed by atoms with E-state index in [1.165, 1.54) is 18.9 Å². The molecule has 1 fully saturated rings. The van der Waals surface area contributed by atoms with Gasteiger partial charge in [-0.3, -0.25) is 9.69 Å². The molecule has 1 aliphatic heterocycles. The third kappa shape index (κ3) is 6.00. The number of piperazine rings is 1. The van der Waals surface area contributed by atoms with Gasteiger partial charge in [0.15, 0.2) is 27.1 Å². The summed E-state index contributed by atoms with van der Waals surface area (Å²) in [5, 5.41) is 0.506. The Morgan fingerprint density at radius 1 is 0.875 bits per heavy atom. The number of hydrogen-bond acceptors (Lipinski definition) is 7. The van der Waals surface area contributed by atoms with E-state index >= 15 is 0 Å². The molecule has 5 rings (SSSR count). The van der Waals surface area contributed by atoms with Crippen LogP contribution in [0.1, 0.15) is 17.5 Å². The highest BCUT2D eigenvalue weighted by Crippen LogP contribution is 2.40. The monoisotopic (exact) mass is 562 g/mol. The van der Waals surface area contributed by atoms with E-state index in [1.807, 2.05) is 35.2 Å². The third-order valence-electron chi connectivity index (χ3n) is 7.32. The molecule has 0 radical (unpaired) electrons. The number of nitrogens with zero attached hydrogens (tertiary/aromatic N) is 2. The minimum atomic E-state index is -3.64. The lowest BCUT2D eigenvalue weighted by Gasteiger charge is -2.34. The predicted octanol–water partition coefficient (Wildman–Crippen LogP) is 4.80. The number of ether oxygens (including phenoxy) is 2. The van der Waals surface area contributed by atoms with Crippen molar-refractivity contribution in [2.45, 2.75) is 24.3 Å². The molecule has 0 atom stereocenters. The van der Waals surface area contributed by atoms with Crippen LogP contribution in [0.5, 0.6) is 11.5 Å². The Kier molecular flexibility index (Phi) is 8.14. The first kappa shape index (κ1) is 27.7. The first-order valence-corrected chi connectivity index (χ1v) is 15.2. The van der Waals surface area contributed by atoms with Gasteiger partial charge in [-0.2, -0.15) is 0 Å². The Bertz CT molecular complexity index is 1610. The van der Waals surface area contributed by atoms with E-state index in [9.17, 15) is 13.2 Å². The Morgan fingerprint density at radius 2 is 1.60 bits per heavy atom. The number of aryl methyl sites for hydroxylation is 1. The number of rotatable bonds is 9. The van der Waals surface area contributed by atoms with Gasteiger partial charge in [0.05, 0.1) is 14.2 Å². The molecular formula is C31H34N2O6S. The fourth-order valence-electron chi connectivity index (χ4n) is 5.22. The van der Waals surface area contributed by atoms with Crippen LogP contribution in [0.3, 0.4) is 0 Å². The Labute approximate surface area is 235 Å². The van der Waals surface area contributed by atoms with Crippen molar-refractivity contribution in [3.63, 3.8) is 0 Å². The summed E-state index contributed by atoms with van der Waals surface area (Å²) in [5.41, 5.74) is 3.19. The first-order valence-electron chi connectivity index (χ1n) is 13.3. The minimum Gasteiger partial charge on any atom is -0.493 e. The zero-order chi connectivity index (χ0) is 28.3. The molecule has 0 N–H and O–H groups in total. The molecule has 9 heteroatoms. The van der Waals surface area contributed by atoms with Crippen LogP contribution in [0.15, 0.2) is 76.0 Å². The smallest absolute Gasteiger partial charge is 0.222 e. The second-order valence-corrected chi connectivity index (χ2v) is 12.0. The van der Waals surface area contributed by atoms with Crippen LogP contribution in [0.2, 0.25) is 0 Å². The molecule has 2 heterocycles. The summed E-state index contributed by atoms with van der Waals surface area (Å²) in [4.78, 5) is 17.4. The molecule has 0 spiro atoms. The van der Waals surface area contributed by atoms with Gasteiger partial charge in [-0.15, -0.1) is 0 Å². The molecule has 3 aromatic carbocycles. The van der Waals surface area contributed by atoms with E-state index in [0.717, 1.165) is 25.2 Å². The van der Waals surface area contributed by atoms with Crippen LogP contribution in [0, 0.1) is 0 Å². The van der Waals surface area contributed by atoms with Gasteiger partial charge in [0.25, 0.3) is 0 Å². The SMILES string of the molecule is COc1ccc(-c2oc3ccc(CCC(=O)N4CCN(Cc5ccccc5)CC4)cc3c2S(C)(=O)=O)cc1OC. The summed E-state index contributed by atoms with van der Waals surface area (Å²) >= 11 is 0. The zero-order valence-corrected chi connectivity index (χ0v) is 23.9. The summed E-state index contributed by atoms with van der Waals surface area (Å²) in [5.74, 6) is 1.37. The van der Waals surface area contributed by atoms with Crippen molar-refractivity contribution in [1.82, 2.24) is 9.80 Å². The van der Waals surface area contributed by atoms with Gasteiger partial charge in [0.2, 0.25) is 5.91 Å². The number of fused-ring (bicyclic) bond motifs is 1. The van der Waals surface area contributed by atoms with E-state index in [4.69, 9.17) is 13.9 Å². The maximum absolute atomic E-state index is 13.0. The van der Waals surface area contributed by atoms with Crippen molar-refractivity contribution >= 4 is 26.7 Å². The first-order chi connectivity index (χ1) is 19.3. The lowest BCUT2D eigenvalue weighted by Crippen LogP contribution is -2.48. The van der Waals surface area contributed by atoms with Crippen molar-refractivity contribution in [2.75, 3.05) is 46.7 Å². The average Bonchev–Trinajstić information content (AvgIpc) is 3.36. The van der Waals surface area contributed by atoms with Crippen molar-refractivity contribution in [3.05, 3.63) is 77.9 Å². The molecule has 210 valence electrons. The fourth-order valence-corrected chi connectivity index (χ4v) is 6.27. The van der Waals surface area contributed by atoms with Crippen LogP contribution < -0.4 is 9.47 Å². The number of hydrogen-bond donors (Lipinski definition) is 0. The number of carbonyl (C=O) groups is 1. The van der Waals surface area contributed by atoms with Gasteiger partial charge in [-0.25, -0.2) is 8.42 Å². The lowest BCUT2D eigenvalue weighted by molar-refractivity contribution is -0.133. The Morgan fingerprint density at radius 3 is 2.27 bits per heavy atom. The van der Waals surface area contributed by atoms with Gasteiger partial charge >= 0.3 is 0 Å². The minimum absolute atomic E-state index is 0.112. The molecule has 1 amide bonds. The molecule has 0 unspecified atom stereocenters.